The Morgan fingerprint density at radius 3 is 2.87 bits per heavy atom. The van der Waals surface area contributed by atoms with E-state index in [-0.39, 0.29) is 0 Å². The van der Waals surface area contributed by atoms with Crippen molar-refractivity contribution in [1.29, 1.82) is 0 Å². The largest absolute Gasteiger partial charge is 0.382 e. The molecule has 1 aromatic rings. The Morgan fingerprint density at radius 2 is 2.27 bits per heavy atom. The molecule has 0 bridgehead atoms. The van der Waals surface area contributed by atoms with Crippen molar-refractivity contribution in [3.05, 3.63) is 21.9 Å². The van der Waals surface area contributed by atoms with E-state index < -0.39 is 0 Å². The number of aryl methyl sites for hydroxylation is 1. The number of thiophene rings is 1. The van der Waals surface area contributed by atoms with Gasteiger partial charge in [-0.25, -0.2) is 0 Å². The number of rotatable bonds is 7. The fourth-order valence-corrected chi connectivity index (χ4v) is 2.33. The second kappa shape index (κ2) is 6.99. The van der Waals surface area contributed by atoms with Gasteiger partial charge in [0.15, 0.2) is 0 Å². The third-order valence-electron chi connectivity index (χ3n) is 2.31. The van der Waals surface area contributed by atoms with E-state index in [1.807, 2.05) is 18.3 Å². The molecule has 0 amide bonds. The minimum absolute atomic E-state index is 0.463. The molecule has 0 unspecified atom stereocenters. The van der Waals surface area contributed by atoms with Crippen LogP contribution in [0.25, 0.3) is 0 Å². The van der Waals surface area contributed by atoms with Crippen LogP contribution in [0.3, 0.4) is 0 Å². The van der Waals surface area contributed by atoms with Crippen LogP contribution >= 0.6 is 11.3 Å². The molecular weight excluding hydrogens is 206 g/mol. The van der Waals surface area contributed by atoms with Crippen LogP contribution in [0.4, 0.5) is 0 Å². The lowest BCUT2D eigenvalue weighted by Crippen LogP contribution is -2.20. The number of hydrogen-bond donors (Lipinski definition) is 1. The molecule has 1 rings (SSSR count). The third kappa shape index (κ3) is 4.78. The zero-order valence-electron chi connectivity index (χ0n) is 9.88. The van der Waals surface area contributed by atoms with Gasteiger partial charge in [0.2, 0.25) is 0 Å². The van der Waals surface area contributed by atoms with E-state index in [0.29, 0.717) is 6.04 Å². The highest BCUT2D eigenvalue weighted by atomic mass is 32.1. The molecule has 0 spiro atoms. The number of hydrogen-bond acceptors (Lipinski definition) is 3. The van der Waals surface area contributed by atoms with Crippen LogP contribution in [-0.2, 0) is 4.74 Å². The van der Waals surface area contributed by atoms with Gasteiger partial charge in [0, 0.05) is 29.0 Å². The van der Waals surface area contributed by atoms with Gasteiger partial charge in [-0.3, -0.25) is 0 Å². The SMILES string of the molecule is CCOCCCN[C@@H](C)c1ccc(C)s1. The highest BCUT2D eigenvalue weighted by Crippen LogP contribution is 2.21. The molecule has 1 atom stereocenters. The summed E-state index contributed by atoms with van der Waals surface area (Å²) in [4.78, 5) is 2.80. The molecule has 0 aromatic carbocycles. The Kier molecular flexibility index (Phi) is 5.91. The van der Waals surface area contributed by atoms with Crippen LogP contribution in [0.2, 0.25) is 0 Å². The van der Waals surface area contributed by atoms with Gasteiger partial charge in [0.05, 0.1) is 0 Å². The summed E-state index contributed by atoms with van der Waals surface area (Å²) in [6.07, 6.45) is 1.09. The molecule has 0 radical (unpaired) electrons. The normalized spacial score (nSPS) is 13.0. The van der Waals surface area contributed by atoms with Crippen molar-refractivity contribution in [3.63, 3.8) is 0 Å². The quantitative estimate of drug-likeness (QED) is 0.723. The van der Waals surface area contributed by atoms with E-state index in [1.54, 1.807) is 0 Å². The van der Waals surface area contributed by atoms with Crippen molar-refractivity contribution in [3.8, 4) is 0 Å². The van der Waals surface area contributed by atoms with Crippen LogP contribution in [0.1, 0.15) is 36.1 Å². The van der Waals surface area contributed by atoms with Crippen molar-refractivity contribution in [1.82, 2.24) is 5.32 Å². The Labute approximate surface area is 96.7 Å². The van der Waals surface area contributed by atoms with E-state index in [9.17, 15) is 0 Å². The summed E-state index contributed by atoms with van der Waals surface area (Å²) >= 11 is 1.87. The molecule has 1 N–H and O–H groups in total. The van der Waals surface area contributed by atoms with Crippen LogP contribution in [-0.4, -0.2) is 19.8 Å². The molecule has 0 aliphatic heterocycles. The highest BCUT2D eigenvalue weighted by molar-refractivity contribution is 7.12. The second-order valence-electron chi connectivity index (χ2n) is 3.67. The Morgan fingerprint density at radius 1 is 1.47 bits per heavy atom. The minimum atomic E-state index is 0.463. The topological polar surface area (TPSA) is 21.3 Å². The van der Waals surface area contributed by atoms with Gasteiger partial charge in [-0.15, -0.1) is 11.3 Å². The monoisotopic (exact) mass is 227 g/mol. The lowest BCUT2D eigenvalue weighted by Gasteiger charge is -2.11. The molecule has 0 saturated carbocycles. The van der Waals surface area contributed by atoms with Gasteiger partial charge in [-0.1, -0.05) is 0 Å². The summed E-state index contributed by atoms with van der Waals surface area (Å²) in [7, 11) is 0. The van der Waals surface area contributed by atoms with Gasteiger partial charge in [0.1, 0.15) is 0 Å². The summed E-state index contributed by atoms with van der Waals surface area (Å²) in [5.41, 5.74) is 0. The van der Waals surface area contributed by atoms with Crippen LogP contribution in [0.5, 0.6) is 0 Å². The molecule has 2 nitrogen and oxygen atoms in total. The second-order valence-corrected chi connectivity index (χ2v) is 4.99. The first-order valence-electron chi connectivity index (χ1n) is 5.61. The van der Waals surface area contributed by atoms with Crippen LogP contribution in [0.15, 0.2) is 12.1 Å². The smallest absolute Gasteiger partial charge is 0.0477 e. The highest BCUT2D eigenvalue weighted by Gasteiger charge is 2.05. The summed E-state index contributed by atoms with van der Waals surface area (Å²) in [6.45, 7) is 9.10. The van der Waals surface area contributed by atoms with Gasteiger partial charge < -0.3 is 10.1 Å². The molecule has 86 valence electrons. The van der Waals surface area contributed by atoms with Crippen molar-refractivity contribution in [2.45, 2.75) is 33.2 Å². The maximum atomic E-state index is 5.29. The summed E-state index contributed by atoms with van der Waals surface area (Å²) < 4.78 is 5.29. The van der Waals surface area contributed by atoms with E-state index in [1.165, 1.54) is 9.75 Å². The molecule has 1 aromatic heterocycles. The van der Waals surface area contributed by atoms with Crippen molar-refractivity contribution in [2.75, 3.05) is 19.8 Å². The maximum absolute atomic E-state index is 5.29. The molecule has 0 aliphatic carbocycles. The van der Waals surface area contributed by atoms with E-state index in [4.69, 9.17) is 4.74 Å². The Bertz CT molecular complexity index is 272. The van der Waals surface area contributed by atoms with E-state index >= 15 is 0 Å². The van der Waals surface area contributed by atoms with Gasteiger partial charge in [0.25, 0.3) is 0 Å². The maximum Gasteiger partial charge on any atom is 0.0477 e. The molecule has 0 aliphatic rings. The first kappa shape index (κ1) is 12.7. The van der Waals surface area contributed by atoms with E-state index in [0.717, 1.165) is 26.2 Å². The summed E-state index contributed by atoms with van der Waals surface area (Å²) in [5.74, 6) is 0. The average molecular weight is 227 g/mol. The summed E-state index contributed by atoms with van der Waals surface area (Å²) in [5, 5.41) is 3.50. The first-order chi connectivity index (χ1) is 7.24. The standard InChI is InChI=1S/C12H21NOS/c1-4-14-9-5-8-13-11(3)12-7-6-10(2)15-12/h6-7,11,13H,4-5,8-9H2,1-3H3/t11-/m0/s1. The fraction of sp³-hybridized carbons (Fsp3) is 0.667. The predicted octanol–water partition coefficient (Wildman–Crippen LogP) is 3.13. The average Bonchev–Trinajstić information content (AvgIpc) is 2.64. The zero-order valence-corrected chi connectivity index (χ0v) is 10.7. The van der Waals surface area contributed by atoms with Crippen LogP contribution < -0.4 is 5.32 Å². The van der Waals surface area contributed by atoms with Crippen molar-refractivity contribution in [2.24, 2.45) is 0 Å². The predicted molar refractivity (Wildman–Crippen MR) is 66.6 cm³/mol. The molecule has 1 heterocycles. The van der Waals surface area contributed by atoms with E-state index in [2.05, 4.69) is 31.3 Å². The molecule has 15 heavy (non-hydrogen) atoms. The van der Waals surface area contributed by atoms with Crippen molar-refractivity contribution >= 4 is 11.3 Å². The number of nitrogens with one attached hydrogen (secondary N) is 1. The molecule has 0 fully saturated rings. The minimum Gasteiger partial charge on any atom is -0.382 e. The molecular formula is C12H21NOS. The van der Waals surface area contributed by atoms with Gasteiger partial charge in [-0.2, -0.15) is 0 Å². The molecule has 3 heteroatoms. The zero-order chi connectivity index (χ0) is 11.1. The van der Waals surface area contributed by atoms with Gasteiger partial charge in [-0.05, 0) is 45.9 Å². The Balaban J connectivity index is 2.16. The third-order valence-corrected chi connectivity index (χ3v) is 3.49. The lowest BCUT2D eigenvalue weighted by atomic mass is 10.2. The first-order valence-corrected chi connectivity index (χ1v) is 6.43. The van der Waals surface area contributed by atoms with Crippen LogP contribution in [0, 0.1) is 6.92 Å². The summed E-state index contributed by atoms with van der Waals surface area (Å²) in [6, 6.07) is 4.85. The molecule has 0 saturated heterocycles. The Hall–Kier alpha value is -0.380. The number of ether oxygens (including phenoxy) is 1. The lowest BCUT2D eigenvalue weighted by molar-refractivity contribution is 0.144. The fourth-order valence-electron chi connectivity index (χ4n) is 1.42. The van der Waals surface area contributed by atoms with Crippen molar-refractivity contribution < 1.29 is 4.74 Å². The van der Waals surface area contributed by atoms with Gasteiger partial charge >= 0.3 is 0 Å².